The summed E-state index contributed by atoms with van der Waals surface area (Å²) in [5, 5.41) is 4.99. The lowest BCUT2D eigenvalue weighted by molar-refractivity contribution is -0.137. The minimum atomic E-state index is -4.49. The third-order valence-electron chi connectivity index (χ3n) is 5.85. The van der Waals surface area contributed by atoms with E-state index in [1.165, 1.54) is 12.1 Å². The van der Waals surface area contributed by atoms with Gasteiger partial charge in [0.15, 0.2) is 0 Å². The van der Waals surface area contributed by atoms with E-state index in [-0.39, 0.29) is 5.69 Å². The zero-order chi connectivity index (χ0) is 26.5. The molecule has 2 heterocycles. The number of halogens is 3. The first-order chi connectivity index (χ1) is 18.3. The van der Waals surface area contributed by atoms with Crippen molar-refractivity contribution in [3.63, 3.8) is 0 Å². The van der Waals surface area contributed by atoms with Crippen LogP contribution in [0.5, 0.6) is 11.5 Å². The number of carbonyl (C=O) groups excluding carboxylic acids is 1. The van der Waals surface area contributed by atoms with Crippen molar-refractivity contribution in [2.45, 2.75) is 12.7 Å². The number of carbonyl (C=O) groups is 1. The van der Waals surface area contributed by atoms with Crippen LogP contribution in [0.1, 0.15) is 11.3 Å². The average molecular weight is 524 g/mol. The smallest absolute Gasteiger partial charge is 0.416 e. The van der Waals surface area contributed by atoms with Gasteiger partial charge in [-0.15, -0.1) is 0 Å². The summed E-state index contributed by atoms with van der Waals surface area (Å²) in [5.74, 6) is 1.11. The summed E-state index contributed by atoms with van der Waals surface area (Å²) >= 11 is 0. The Hall–Kier alpha value is -4.22. The number of ether oxygens (including phenoxy) is 2. The molecule has 1 aliphatic heterocycles. The number of nitrogens with one attached hydrogen (secondary N) is 2. The molecule has 4 aromatic rings. The lowest BCUT2D eigenvalue weighted by Crippen LogP contribution is -2.35. The molecule has 3 aromatic carbocycles. The van der Waals surface area contributed by atoms with Gasteiger partial charge in [-0.05, 0) is 54.6 Å². The van der Waals surface area contributed by atoms with Gasteiger partial charge in [0.25, 0.3) is 0 Å². The summed E-state index contributed by atoms with van der Waals surface area (Å²) in [6.45, 7) is 3.86. The van der Waals surface area contributed by atoms with E-state index < -0.39 is 17.8 Å². The van der Waals surface area contributed by atoms with Crippen molar-refractivity contribution in [1.29, 1.82) is 0 Å². The van der Waals surface area contributed by atoms with Crippen LogP contribution in [-0.4, -0.2) is 47.2 Å². The third kappa shape index (κ3) is 6.55. The van der Waals surface area contributed by atoms with Crippen LogP contribution in [0.25, 0.3) is 11.0 Å². The van der Waals surface area contributed by atoms with Crippen LogP contribution < -0.4 is 15.4 Å². The molecule has 2 amide bonds. The number of morpholine rings is 1. The van der Waals surface area contributed by atoms with E-state index in [2.05, 4.69) is 20.5 Å². The molecule has 0 radical (unpaired) electrons. The number of hydrogen-bond acceptors (Lipinski definition) is 6. The summed E-state index contributed by atoms with van der Waals surface area (Å²) in [5.41, 5.74) is 1.98. The highest BCUT2D eigenvalue weighted by Crippen LogP contribution is 2.31. The third-order valence-corrected chi connectivity index (χ3v) is 5.85. The Morgan fingerprint density at radius 2 is 1.66 bits per heavy atom. The van der Waals surface area contributed by atoms with Gasteiger partial charge in [0.1, 0.15) is 11.5 Å². The van der Waals surface area contributed by atoms with Gasteiger partial charge in [-0.3, -0.25) is 9.88 Å². The van der Waals surface area contributed by atoms with Crippen LogP contribution in [0.2, 0.25) is 0 Å². The van der Waals surface area contributed by atoms with Gasteiger partial charge in [0, 0.05) is 37.1 Å². The minimum absolute atomic E-state index is 0.0322. The van der Waals surface area contributed by atoms with Crippen molar-refractivity contribution < 1.29 is 27.4 Å². The van der Waals surface area contributed by atoms with Gasteiger partial charge in [-0.25, -0.2) is 9.78 Å². The number of hydrogen-bond donors (Lipinski definition) is 2. The van der Waals surface area contributed by atoms with Gasteiger partial charge in [0.2, 0.25) is 0 Å². The van der Waals surface area contributed by atoms with Gasteiger partial charge in [-0.1, -0.05) is 6.07 Å². The van der Waals surface area contributed by atoms with Gasteiger partial charge < -0.3 is 20.1 Å². The summed E-state index contributed by atoms with van der Waals surface area (Å²) in [6.07, 6.45) is -2.71. The number of fused-ring (bicyclic) bond motifs is 1. The minimum Gasteiger partial charge on any atom is -0.457 e. The lowest BCUT2D eigenvalue weighted by atomic mass is 10.2. The number of anilines is 2. The Kier molecular flexibility index (Phi) is 7.38. The average Bonchev–Trinajstić information content (AvgIpc) is 2.90. The number of alkyl halides is 3. The molecule has 38 heavy (non-hydrogen) atoms. The zero-order valence-electron chi connectivity index (χ0n) is 20.2. The first-order valence-corrected chi connectivity index (χ1v) is 11.9. The van der Waals surface area contributed by atoms with E-state index in [9.17, 15) is 18.0 Å². The van der Waals surface area contributed by atoms with Crippen LogP contribution >= 0.6 is 0 Å². The largest absolute Gasteiger partial charge is 0.457 e. The highest BCUT2D eigenvalue weighted by atomic mass is 19.4. The quantitative estimate of drug-likeness (QED) is 0.326. The molecule has 0 bridgehead atoms. The SMILES string of the molecule is O=C(Nc1ccc(Oc2ccc3ncc(CN4CCOCC4)nc3c2)cc1)Nc1cccc(C(F)(F)F)c1. The number of amides is 2. The molecule has 0 spiro atoms. The van der Waals surface area contributed by atoms with Crippen LogP contribution in [0, 0.1) is 0 Å². The first kappa shape index (κ1) is 25.4. The second-order valence-corrected chi connectivity index (χ2v) is 8.68. The number of nitrogens with zero attached hydrogens (tertiary/aromatic N) is 3. The molecule has 0 aliphatic carbocycles. The van der Waals surface area contributed by atoms with E-state index in [0.717, 1.165) is 41.9 Å². The fraction of sp³-hybridized carbons (Fsp3) is 0.222. The molecule has 1 aliphatic rings. The van der Waals surface area contributed by atoms with Crippen LogP contribution in [0.15, 0.2) is 72.9 Å². The fourth-order valence-electron chi connectivity index (χ4n) is 3.97. The van der Waals surface area contributed by atoms with Gasteiger partial charge in [-0.2, -0.15) is 13.2 Å². The predicted octanol–water partition coefficient (Wildman–Crippen LogP) is 5.92. The Bertz CT molecular complexity index is 1420. The molecular formula is C27H24F3N5O3. The molecule has 0 atom stereocenters. The molecule has 196 valence electrons. The number of benzene rings is 3. The topological polar surface area (TPSA) is 88.6 Å². The van der Waals surface area contributed by atoms with E-state index in [1.54, 1.807) is 36.5 Å². The van der Waals surface area contributed by atoms with E-state index >= 15 is 0 Å². The molecule has 0 unspecified atom stereocenters. The molecule has 8 nitrogen and oxygen atoms in total. The van der Waals surface area contributed by atoms with Crippen molar-refractivity contribution >= 4 is 28.4 Å². The second kappa shape index (κ2) is 11.0. The maximum Gasteiger partial charge on any atom is 0.416 e. The molecule has 2 N–H and O–H groups in total. The maximum atomic E-state index is 12.9. The van der Waals surface area contributed by atoms with E-state index in [4.69, 9.17) is 14.5 Å². The number of urea groups is 1. The Labute approximate surface area is 216 Å². The zero-order valence-corrected chi connectivity index (χ0v) is 20.2. The number of aromatic nitrogens is 2. The van der Waals surface area contributed by atoms with Crippen molar-refractivity contribution in [3.05, 3.63) is 84.2 Å². The van der Waals surface area contributed by atoms with Gasteiger partial charge in [0.05, 0.1) is 41.7 Å². The molecule has 11 heteroatoms. The van der Waals surface area contributed by atoms with Crippen molar-refractivity contribution in [1.82, 2.24) is 14.9 Å². The van der Waals surface area contributed by atoms with Gasteiger partial charge >= 0.3 is 12.2 Å². The Morgan fingerprint density at radius 1 is 0.921 bits per heavy atom. The summed E-state index contributed by atoms with van der Waals surface area (Å²) < 4.78 is 50.0. The fourth-order valence-corrected chi connectivity index (χ4v) is 3.97. The summed E-state index contributed by atoms with van der Waals surface area (Å²) in [6, 6.07) is 15.8. The van der Waals surface area contributed by atoms with Crippen molar-refractivity contribution in [2.75, 3.05) is 36.9 Å². The maximum absolute atomic E-state index is 12.9. The van der Waals surface area contributed by atoms with Crippen LogP contribution in [0.3, 0.4) is 0 Å². The number of rotatable bonds is 6. The Morgan fingerprint density at radius 3 is 2.42 bits per heavy atom. The molecule has 1 aromatic heterocycles. The van der Waals surface area contributed by atoms with E-state index in [0.29, 0.717) is 36.9 Å². The monoisotopic (exact) mass is 523 g/mol. The van der Waals surface area contributed by atoms with E-state index in [1.807, 2.05) is 12.1 Å². The highest BCUT2D eigenvalue weighted by Gasteiger charge is 2.30. The predicted molar refractivity (Wildman–Crippen MR) is 136 cm³/mol. The lowest BCUT2D eigenvalue weighted by Gasteiger charge is -2.26. The molecular weight excluding hydrogens is 499 g/mol. The molecule has 5 rings (SSSR count). The summed E-state index contributed by atoms with van der Waals surface area (Å²) in [7, 11) is 0. The van der Waals surface area contributed by atoms with Crippen LogP contribution in [-0.2, 0) is 17.5 Å². The molecule has 1 saturated heterocycles. The van der Waals surface area contributed by atoms with Crippen molar-refractivity contribution in [2.24, 2.45) is 0 Å². The Balaban J connectivity index is 1.20. The highest BCUT2D eigenvalue weighted by molar-refractivity contribution is 5.99. The summed E-state index contributed by atoms with van der Waals surface area (Å²) in [4.78, 5) is 23.7. The standard InChI is InChI=1S/C27H24F3N5O3/c28-27(29,30)18-2-1-3-20(14-18)34-26(36)33-19-4-6-22(7-5-19)38-23-8-9-24-25(15-23)32-21(16-31-24)17-35-10-12-37-13-11-35/h1-9,14-16H,10-13,17H2,(H2,33,34,36). The normalized spacial score (nSPS) is 14.3. The molecule has 1 fully saturated rings. The van der Waals surface area contributed by atoms with Crippen molar-refractivity contribution in [3.8, 4) is 11.5 Å². The first-order valence-electron chi connectivity index (χ1n) is 11.9. The second-order valence-electron chi connectivity index (χ2n) is 8.68. The molecule has 0 saturated carbocycles. The van der Waals surface area contributed by atoms with Crippen LogP contribution in [0.4, 0.5) is 29.3 Å².